The molecule has 0 atom stereocenters. The Morgan fingerprint density at radius 1 is 1.32 bits per heavy atom. The molecule has 1 aromatic heterocycles. The molecule has 1 heterocycles. The average molecular weight is 277 g/mol. The number of nitrogens with zero attached hydrogens (tertiary/aromatic N) is 2. The maximum atomic E-state index is 11.2. The summed E-state index contributed by atoms with van der Waals surface area (Å²) in [6, 6.07) is 8.94. The third-order valence-electron chi connectivity index (χ3n) is 2.77. The van der Waals surface area contributed by atoms with Crippen molar-refractivity contribution in [3.05, 3.63) is 58.9 Å². The zero-order valence-corrected chi connectivity index (χ0v) is 11.1. The van der Waals surface area contributed by atoms with Gasteiger partial charge in [0.1, 0.15) is 0 Å². The molecule has 0 amide bonds. The number of pyridine rings is 1. The van der Waals surface area contributed by atoms with Crippen LogP contribution in [0.1, 0.15) is 15.9 Å². The molecule has 0 aliphatic rings. The highest BCUT2D eigenvalue weighted by atomic mass is 35.5. The molecule has 4 nitrogen and oxygen atoms in total. The molecular weight excluding hydrogens is 264 g/mol. The van der Waals surface area contributed by atoms with Crippen molar-refractivity contribution in [2.45, 2.75) is 6.54 Å². The number of aromatic carboxylic acids is 1. The molecule has 0 aliphatic heterocycles. The Kier molecular flexibility index (Phi) is 4.02. The molecule has 19 heavy (non-hydrogen) atoms. The maximum Gasteiger partial charge on any atom is 0.337 e. The fourth-order valence-corrected chi connectivity index (χ4v) is 1.95. The summed E-state index contributed by atoms with van der Waals surface area (Å²) in [5.41, 5.74) is 1.88. The molecule has 0 fully saturated rings. The first-order valence-electron chi connectivity index (χ1n) is 5.71. The lowest BCUT2D eigenvalue weighted by Crippen LogP contribution is -2.19. The molecular formula is C14H13ClN2O2. The lowest BCUT2D eigenvalue weighted by molar-refractivity contribution is 0.0697. The number of rotatable bonds is 4. The first-order chi connectivity index (χ1) is 9.08. The third-order valence-corrected chi connectivity index (χ3v) is 3.03. The number of hydrogen-bond donors (Lipinski definition) is 1. The lowest BCUT2D eigenvalue weighted by atomic mass is 10.1. The minimum Gasteiger partial charge on any atom is -0.478 e. The van der Waals surface area contributed by atoms with Crippen LogP contribution in [-0.2, 0) is 6.54 Å². The summed E-state index contributed by atoms with van der Waals surface area (Å²) < 4.78 is 0. The van der Waals surface area contributed by atoms with Gasteiger partial charge in [0.2, 0.25) is 0 Å². The van der Waals surface area contributed by atoms with Gasteiger partial charge in [-0.05, 0) is 23.8 Å². The van der Waals surface area contributed by atoms with Crippen LogP contribution in [0.4, 0.5) is 5.69 Å². The molecule has 0 radical (unpaired) electrons. The van der Waals surface area contributed by atoms with Crippen molar-refractivity contribution in [1.82, 2.24) is 4.98 Å². The number of hydrogen-bond acceptors (Lipinski definition) is 3. The Labute approximate surface area is 116 Å². The number of anilines is 1. The lowest BCUT2D eigenvalue weighted by Gasteiger charge is -2.20. The summed E-state index contributed by atoms with van der Waals surface area (Å²) in [6.45, 7) is 0.586. The second-order valence-electron chi connectivity index (χ2n) is 4.18. The van der Waals surface area contributed by atoms with Gasteiger partial charge >= 0.3 is 5.97 Å². The highest BCUT2D eigenvalue weighted by Gasteiger charge is 2.13. The van der Waals surface area contributed by atoms with E-state index < -0.39 is 5.97 Å². The number of carboxylic acids is 1. The van der Waals surface area contributed by atoms with Gasteiger partial charge in [0.25, 0.3) is 0 Å². The highest BCUT2D eigenvalue weighted by molar-refractivity contribution is 6.30. The normalized spacial score (nSPS) is 10.2. The van der Waals surface area contributed by atoms with Crippen LogP contribution in [0.3, 0.4) is 0 Å². The van der Waals surface area contributed by atoms with Gasteiger partial charge in [-0.15, -0.1) is 0 Å². The molecule has 0 saturated carbocycles. The number of carbonyl (C=O) groups is 1. The van der Waals surface area contributed by atoms with Crippen molar-refractivity contribution in [2.75, 3.05) is 11.9 Å². The maximum absolute atomic E-state index is 11.2. The number of carboxylic acid groups (broad SMARTS) is 1. The van der Waals surface area contributed by atoms with Gasteiger partial charge in [0.05, 0.1) is 17.4 Å². The highest BCUT2D eigenvalue weighted by Crippen LogP contribution is 2.20. The molecule has 0 aliphatic carbocycles. The van der Waals surface area contributed by atoms with E-state index in [4.69, 9.17) is 16.7 Å². The third kappa shape index (κ3) is 3.23. The summed E-state index contributed by atoms with van der Waals surface area (Å²) in [4.78, 5) is 17.0. The van der Waals surface area contributed by atoms with Gasteiger partial charge in [-0.1, -0.05) is 23.7 Å². The van der Waals surface area contributed by atoms with Crippen LogP contribution >= 0.6 is 11.6 Å². The Hall–Kier alpha value is -2.07. The number of benzene rings is 1. The second-order valence-corrected chi connectivity index (χ2v) is 4.62. The summed E-state index contributed by atoms with van der Waals surface area (Å²) in [6.07, 6.45) is 3.03. The Morgan fingerprint density at radius 2 is 2.00 bits per heavy atom. The molecule has 0 spiro atoms. The Balaban J connectivity index is 2.22. The number of aromatic nitrogens is 1. The van der Waals surface area contributed by atoms with E-state index in [1.165, 1.54) is 12.3 Å². The van der Waals surface area contributed by atoms with Gasteiger partial charge in [0, 0.05) is 24.8 Å². The van der Waals surface area contributed by atoms with E-state index in [9.17, 15) is 4.79 Å². The number of halogens is 1. The minimum atomic E-state index is -0.958. The van der Waals surface area contributed by atoms with E-state index >= 15 is 0 Å². The quantitative estimate of drug-likeness (QED) is 0.932. The van der Waals surface area contributed by atoms with E-state index in [0.717, 1.165) is 5.56 Å². The van der Waals surface area contributed by atoms with E-state index in [1.807, 2.05) is 36.2 Å². The van der Waals surface area contributed by atoms with E-state index in [2.05, 4.69) is 4.98 Å². The van der Waals surface area contributed by atoms with Crippen LogP contribution in [0, 0.1) is 0 Å². The summed E-state index contributed by atoms with van der Waals surface area (Å²) in [5.74, 6) is -0.958. The summed E-state index contributed by atoms with van der Waals surface area (Å²) in [5, 5.41) is 9.82. The second kappa shape index (κ2) is 5.71. The first-order valence-corrected chi connectivity index (χ1v) is 6.08. The van der Waals surface area contributed by atoms with Crippen molar-refractivity contribution in [3.63, 3.8) is 0 Å². The van der Waals surface area contributed by atoms with E-state index in [1.54, 1.807) is 6.20 Å². The topological polar surface area (TPSA) is 53.4 Å². The first kappa shape index (κ1) is 13.4. The van der Waals surface area contributed by atoms with Gasteiger partial charge in [-0.3, -0.25) is 4.98 Å². The smallest absolute Gasteiger partial charge is 0.337 e. The fourth-order valence-electron chi connectivity index (χ4n) is 1.82. The monoisotopic (exact) mass is 276 g/mol. The van der Waals surface area contributed by atoms with Crippen molar-refractivity contribution < 1.29 is 9.90 Å². The molecule has 2 rings (SSSR count). The van der Waals surface area contributed by atoms with Crippen LogP contribution in [0.2, 0.25) is 5.02 Å². The van der Waals surface area contributed by atoms with Crippen molar-refractivity contribution in [2.24, 2.45) is 0 Å². The fraction of sp³-hybridized carbons (Fsp3) is 0.143. The molecule has 1 N–H and O–H groups in total. The molecule has 0 bridgehead atoms. The van der Waals surface area contributed by atoms with Crippen molar-refractivity contribution >= 4 is 23.3 Å². The summed E-state index contributed by atoms with van der Waals surface area (Å²) in [7, 11) is 1.83. The molecule has 0 unspecified atom stereocenters. The molecule has 0 saturated heterocycles. The Morgan fingerprint density at radius 3 is 2.63 bits per heavy atom. The molecule has 5 heteroatoms. The Bertz CT molecular complexity index is 584. The van der Waals surface area contributed by atoms with Gasteiger partial charge < -0.3 is 10.0 Å². The molecule has 1 aromatic carbocycles. The van der Waals surface area contributed by atoms with Crippen molar-refractivity contribution in [3.8, 4) is 0 Å². The summed E-state index contributed by atoms with van der Waals surface area (Å²) >= 11 is 5.83. The largest absolute Gasteiger partial charge is 0.478 e. The average Bonchev–Trinajstić information content (AvgIpc) is 2.41. The van der Waals surface area contributed by atoms with Crippen LogP contribution in [0.25, 0.3) is 0 Å². The van der Waals surface area contributed by atoms with Crippen molar-refractivity contribution in [1.29, 1.82) is 0 Å². The van der Waals surface area contributed by atoms with E-state index in [-0.39, 0.29) is 5.56 Å². The van der Waals surface area contributed by atoms with Gasteiger partial charge in [-0.2, -0.15) is 0 Å². The predicted molar refractivity (Wildman–Crippen MR) is 74.8 cm³/mol. The van der Waals surface area contributed by atoms with Gasteiger partial charge in [-0.25, -0.2) is 4.79 Å². The van der Waals surface area contributed by atoms with Crippen LogP contribution in [-0.4, -0.2) is 23.1 Å². The zero-order chi connectivity index (χ0) is 13.8. The standard InChI is InChI=1S/C14H13ClN2O2/c1-17(9-10-2-4-11(15)5-3-10)13-8-16-7-6-12(13)14(18)19/h2-8H,9H2,1H3,(H,18,19). The van der Waals surface area contributed by atoms with Gasteiger partial charge in [0.15, 0.2) is 0 Å². The minimum absolute atomic E-state index is 0.242. The molecule has 98 valence electrons. The van der Waals surface area contributed by atoms with Crippen LogP contribution in [0.15, 0.2) is 42.7 Å². The zero-order valence-electron chi connectivity index (χ0n) is 10.4. The van der Waals surface area contributed by atoms with Crippen LogP contribution < -0.4 is 4.90 Å². The molecule has 2 aromatic rings. The predicted octanol–water partition coefficient (Wildman–Crippen LogP) is 3.07. The van der Waals surface area contributed by atoms with E-state index in [0.29, 0.717) is 17.3 Å². The van der Waals surface area contributed by atoms with Crippen LogP contribution in [0.5, 0.6) is 0 Å². The SMILES string of the molecule is CN(Cc1ccc(Cl)cc1)c1cnccc1C(=O)O.